The zero-order chi connectivity index (χ0) is 11.4. The molecule has 2 aromatic rings. The fourth-order valence-corrected chi connectivity index (χ4v) is 2.56. The molecule has 16 heavy (non-hydrogen) atoms. The van der Waals surface area contributed by atoms with Crippen molar-refractivity contribution in [1.29, 1.82) is 0 Å². The molecule has 0 aliphatic heterocycles. The standard InChI is InChI=1S/C12H17N3S/c1-2-9(3-6-13)15-12-10-5-8-16-11(10)4-7-14-12/h4-5,7-9H,2-3,6,13H2,1H3,(H,14,15). The number of hydrogen-bond donors (Lipinski definition) is 2. The van der Waals surface area contributed by atoms with Gasteiger partial charge in [0.25, 0.3) is 0 Å². The molecule has 2 heterocycles. The lowest BCUT2D eigenvalue weighted by Gasteiger charge is -2.17. The molecule has 0 saturated carbocycles. The highest BCUT2D eigenvalue weighted by molar-refractivity contribution is 7.17. The first kappa shape index (κ1) is 11.4. The topological polar surface area (TPSA) is 50.9 Å². The van der Waals surface area contributed by atoms with Crippen molar-refractivity contribution in [2.24, 2.45) is 5.73 Å². The van der Waals surface area contributed by atoms with E-state index in [1.165, 1.54) is 10.1 Å². The van der Waals surface area contributed by atoms with E-state index in [2.05, 4.69) is 34.7 Å². The van der Waals surface area contributed by atoms with E-state index >= 15 is 0 Å². The van der Waals surface area contributed by atoms with Crippen LogP contribution in [0.1, 0.15) is 19.8 Å². The maximum Gasteiger partial charge on any atom is 0.134 e. The largest absolute Gasteiger partial charge is 0.367 e. The van der Waals surface area contributed by atoms with Crippen LogP contribution >= 0.6 is 11.3 Å². The summed E-state index contributed by atoms with van der Waals surface area (Å²) in [4.78, 5) is 4.40. The minimum Gasteiger partial charge on any atom is -0.367 e. The van der Waals surface area contributed by atoms with Crippen molar-refractivity contribution < 1.29 is 0 Å². The highest BCUT2D eigenvalue weighted by Gasteiger charge is 2.08. The highest BCUT2D eigenvalue weighted by atomic mass is 32.1. The van der Waals surface area contributed by atoms with Crippen LogP contribution in [0.15, 0.2) is 23.7 Å². The fraction of sp³-hybridized carbons (Fsp3) is 0.417. The van der Waals surface area contributed by atoms with Gasteiger partial charge in [-0.15, -0.1) is 11.3 Å². The number of aromatic nitrogens is 1. The predicted octanol–water partition coefficient (Wildman–Crippen LogP) is 2.84. The Morgan fingerprint density at radius 2 is 2.38 bits per heavy atom. The second-order valence-corrected chi connectivity index (χ2v) is 4.77. The Bertz CT molecular complexity index is 452. The van der Waals surface area contributed by atoms with Crippen LogP contribution < -0.4 is 11.1 Å². The van der Waals surface area contributed by atoms with Crippen molar-refractivity contribution in [3.05, 3.63) is 23.7 Å². The van der Waals surface area contributed by atoms with Crippen LogP contribution in [0, 0.1) is 0 Å². The molecule has 4 heteroatoms. The molecular weight excluding hydrogens is 218 g/mol. The van der Waals surface area contributed by atoms with E-state index < -0.39 is 0 Å². The summed E-state index contributed by atoms with van der Waals surface area (Å²) in [6, 6.07) is 4.59. The Balaban J connectivity index is 2.22. The molecule has 0 amide bonds. The number of hydrogen-bond acceptors (Lipinski definition) is 4. The SMILES string of the molecule is CCC(CCN)Nc1nccc2sccc12. The lowest BCUT2D eigenvalue weighted by Crippen LogP contribution is -2.22. The van der Waals surface area contributed by atoms with Gasteiger partial charge >= 0.3 is 0 Å². The van der Waals surface area contributed by atoms with Crippen molar-refractivity contribution in [1.82, 2.24) is 4.98 Å². The first-order chi connectivity index (χ1) is 7.85. The molecule has 0 saturated heterocycles. The van der Waals surface area contributed by atoms with Crippen LogP contribution in [0.4, 0.5) is 5.82 Å². The van der Waals surface area contributed by atoms with Crippen LogP contribution in [-0.2, 0) is 0 Å². The second kappa shape index (κ2) is 5.27. The van der Waals surface area contributed by atoms with E-state index in [0.717, 1.165) is 18.7 Å². The fourth-order valence-electron chi connectivity index (χ4n) is 1.78. The Hall–Kier alpha value is -1.13. The Labute approximate surface area is 99.7 Å². The lowest BCUT2D eigenvalue weighted by molar-refractivity contribution is 0.640. The predicted molar refractivity (Wildman–Crippen MR) is 71.0 cm³/mol. The van der Waals surface area contributed by atoms with E-state index in [1.807, 2.05) is 6.20 Å². The smallest absolute Gasteiger partial charge is 0.134 e. The van der Waals surface area contributed by atoms with Crippen molar-refractivity contribution in [2.45, 2.75) is 25.8 Å². The third kappa shape index (κ3) is 2.33. The van der Waals surface area contributed by atoms with Gasteiger partial charge in [0.2, 0.25) is 0 Å². The average Bonchev–Trinajstić information content (AvgIpc) is 2.77. The zero-order valence-corrected chi connectivity index (χ0v) is 10.3. The number of thiophene rings is 1. The van der Waals surface area contributed by atoms with Crippen LogP contribution in [0.5, 0.6) is 0 Å². The summed E-state index contributed by atoms with van der Waals surface area (Å²) in [5, 5.41) is 6.78. The number of nitrogens with two attached hydrogens (primary N) is 1. The molecule has 1 atom stereocenters. The average molecular weight is 235 g/mol. The minimum atomic E-state index is 0.419. The number of anilines is 1. The van der Waals surface area contributed by atoms with Crippen molar-refractivity contribution in [3.63, 3.8) is 0 Å². The van der Waals surface area contributed by atoms with E-state index in [-0.39, 0.29) is 0 Å². The number of rotatable bonds is 5. The molecule has 3 N–H and O–H groups in total. The number of nitrogens with one attached hydrogen (secondary N) is 1. The van der Waals surface area contributed by atoms with Gasteiger partial charge in [-0.05, 0) is 36.9 Å². The molecule has 0 aliphatic carbocycles. The van der Waals surface area contributed by atoms with Crippen LogP contribution in [0.3, 0.4) is 0 Å². The number of fused-ring (bicyclic) bond motifs is 1. The highest BCUT2D eigenvalue weighted by Crippen LogP contribution is 2.26. The second-order valence-electron chi connectivity index (χ2n) is 3.82. The van der Waals surface area contributed by atoms with Crippen LogP contribution in [-0.4, -0.2) is 17.6 Å². The van der Waals surface area contributed by atoms with E-state index in [4.69, 9.17) is 5.73 Å². The van der Waals surface area contributed by atoms with Gasteiger partial charge in [0.1, 0.15) is 5.82 Å². The molecule has 86 valence electrons. The third-order valence-corrected chi connectivity index (χ3v) is 3.61. The van der Waals surface area contributed by atoms with Gasteiger partial charge in [0.05, 0.1) is 0 Å². The molecule has 0 bridgehead atoms. The number of nitrogens with zero attached hydrogens (tertiary/aromatic N) is 1. The van der Waals surface area contributed by atoms with Gasteiger partial charge < -0.3 is 11.1 Å². The first-order valence-corrected chi connectivity index (χ1v) is 6.52. The maximum absolute atomic E-state index is 5.59. The first-order valence-electron chi connectivity index (χ1n) is 5.64. The van der Waals surface area contributed by atoms with Gasteiger partial charge in [-0.25, -0.2) is 4.98 Å². The summed E-state index contributed by atoms with van der Waals surface area (Å²) in [6.45, 7) is 2.88. The summed E-state index contributed by atoms with van der Waals surface area (Å²) in [5.74, 6) is 0.985. The normalized spacial score (nSPS) is 12.9. The van der Waals surface area contributed by atoms with Gasteiger partial charge in [-0.2, -0.15) is 0 Å². The Morgan fingerprint density at radius 3 is 3.12 bits per heavy atom. The summed E-state index contributed by atoms with van der Waals surface area (Å²) >= 11 is 1.74. The van der Waals surface area contributed by atoms with Gasteiger partial charge in [-0.3, -0.25) is 0 Å². The summed E-state index contributed by atoms with van der Waals surface area (Å²) < 4.78 is 1.28. The summed E-state index contributed by atoms with van der Waals surface area (Å²) in [7, 11) is 0. The van der Waals surface area contributed by atoms with Crippen molar-refractivity contribution >= 4 is 27.2 Å². The molecule has 1 unspecified atom stereocenters. The molecular formula is C12H17N3S. The van der Waals surface area contributed by atoms with Crippen molar-refractivity contribution in [3.8, 4) is 0 Å². The lowest BCUT2D eigenvalue weighted by atomic mass is 10.1. The molecule has 0 aromatic carbocycles. The molecule has 3 nitrogen and oxygen atoms in total. The Kier molecular flexibility index (Phi) is 3.74. The molecule has 0 spiro atoms. The Morgan fingerprint density at radius 1 is 1.50 bits per heavy atom. The van der Waals surface area contributed by atoms with Gasteiger partial charge in [0.15, 0.2) is 0 Å². The quantitative estimate of drug-likeness (QED) is 0.838. The van der Waals surface area contributed by atoms with Gasteiger partial charge in [0, 0.05) is 22.3 Å². The molecule has 0 fully saturated rings. The molecule has 2 rings (SSSR count). The van der Waals surface area contributed by atoms with Gasteiger partial charge in [-0.1, -0.05) is 6.92 Å². The molecule has 0 aliphatic rings. The third-order valence-electron chi connectivity index (χ3n) is 2.73. The molecule has 0 radical (unpaired) electrons. The maximum atomic E-state index is 5.59. The van der Waals surface area contributed by atoms with E-state index in [1.54, 1.807) is 11.3 Å². The summed E-state index contributed by atoms with van der Waals surface area (Å²) in [5.41, 5.74) is 5.59. The van der Waals surface area contributed by atoms with E-state index in [9.17, 15) is 0 Å². The van der Waals surface area contributed by atoms with E-state index in [0.29, 0.717) is 12.6 Å². The summed E-state index contributed by atoms with van der Waals surface area (Å²) in [6.07, 6.45) is 3.91. The van der Waals surface area contributed by atoms with Crippen LogP contribution in [0.25, 0.3) is 10.1 Å². The number of pyridine rings is 1. The van der Waals surface area contributed by atoms with Crippen LogP contribution in [0.2, 0.25) is 0 Å². The zero-order valence-electron chi connectivity index (χ0n) is 9.44. The molecule has 2 aromatic heterocycles. The van der Waals surface area contributed by atoms with Crippen molar-refractivity contribution in [2.75, 3.05) is 11.9 Å². The monoisotopic (exact) mass is 235 g/mol. The minimum absolute atomic E-state index is 0.419.